The fourth-order valence-electron chi connectivity index (χ4n) is 3.86. The van der Waals surface area contributed by atoms with E-state index in [1.165, 1.54) is 9.80 Å². The molecule has 174 valence electrons. The molecular formula is C23H24N2O5S3. The number of thiocarbonyl (C=S) groups is 1. The number of carbonyl (C=O) groups excluding carboxylic acids is 2. The number of furan rings is 1. The van der Waals surface area contributed by atoms with Crippen molar-refractivity contribution >= 4 is 56.0 Å². The Morgan fingerprint density at radius 1 is 1.24 bits per heavy atom. The van der Waals surface area contributed by atoms with Gasteiger partial charge in [-0.05, 0) is 44.0 Å². The summed E-state index contributed by atoms with van der Waals surface area (Å²) in [6.07, 6.45) is 2.12. The van der Waals surface area contributed by atoms with Gasteiger partial charge in [-0.3, -0.25) is 14.5 Å². The maximum Gasteiger partial charge on any atom is 0.266 e. The molecule has 1 unspecified atom stereocenters. The summed E-state index contributed by atoms with van der Waals surface area (Å²) in [6, 6.07) is 10.8. The van der Waals surface area contributed by atoms with Crippen molar-refractivity contribution in [1.29, 1.82) is 0 Å². The number of amides is 2. The molecule has 7 nitrogen and oxygen atoms in total. The first-order valence-electron chi connectivity index (χ1n) is 10.5. The Labute approximate surface area is 202 Å². The molecule has 1 aromatic heterocycles. The molecule has 4 rings (SSSR count). The molecule has 0 bridgehead atoms. The van der Waals surface area contributed by atoms with E-state index in [1.54, 1.807) is 25.1 Å². The van der Waals surface area contributed by atoms with Gasteiger partial charge in [-0.1, -0.05) is 53.8 Å². The minimum Gasteiger partial charge on any atom is -0.464 e. The Hall–Kier alpha value is -2.43. The van der Waals surface area contributed by atoms with E-state index in [0.717, 1.165) is 22.9 Å². The average Bonchev–Trinajstić information content (AvgIpc) is 3.41. The molecule has 2 saturated heterocycles. The van der Waals surface area contributed by atoms with E-state index in [2.05, 4.69) is 0 Å². The third-order valence-corrected chi connectivity index (χ3v) is 8.76. The molecule has 10 heteroatoms. The van der Waals surface area contributed by atoms with Crippen molar-refractivity contribution in [2.75, 3.05) is 18.1 Å². The van der Waals surface area contributed by atoms with E-state index in [1.807, 2.05) is 31.2 Å². The van der Waals surface area contributed by atoms with E-state index >= 15 is 0 Å². The van der Waals surface area contributed by atoms with Crippen molar-refractivity contribution in [3.63, 3.8) is 0 Å². The molecule has 2 amide bonds. The molecule has 0 radical (unpaired) electrons. The van der Waals surface area contributed by atoms with Crippen LogP contribution in [0.25, 0.3) is 6.08 Å². The minimum absolute atomic E-state index is 0.0406. The maximum atomic E-state index is 13.3. The summed E-state index contributed by atoms with van der Waals surface area (Å²) in [7, 11) is -3.20. The second-order valence-electron chi connectivity index (χ2n) is 8.27. The number of aryl methyl sites for hydroxylation is 2. The van der Waals surface area contributed by atoms with Crippen LogP contribution in [0.2, 0.25) is 0 Å². The molecule has 0 aliphatic carbocycles. The van der Waals surface area contributed by atoms with Gasteiger partial charge in [0.25, 0.3) is 5.91 Å². The van der Waals surface area contributed by atoms with Crippen molar-refractivity contribution in [3.05, 3.63) is 64.0 Å². The summed E-state index contributed by atoms with van der Waals surface area (Å²) in [4.78, 5) is 29.5. The van der Waals surface area contributed by atoms with Gasteiger partial charge in [0.1, 0.15) is 22.4 Å². The maximum absolute atomic E-state index is 13.3. The van der Waals surface area contributed by atoms with Crippen LogP contribution in [-0.2, 0) is 26.0 Å². The number of hydrogen-bond donors (Lipinski definition) is 0. The van der Waals surface area contributed by atoms with E-state index in [0.29, 0.717) is 27.2 Å². The number of sulfone groups is 1. The summed E-state index contributed by atoms with van der Waals surface area (Å²) in [5, 5.41) is 0. The lowest BCUT2D eigenvalue weighted by Crippen LogP contribution is -2.46. The summed E-state index contributed by atoms with van der Waals surface area (Å²) >= 11 is 6.54. The van der Waals surface area contributed by atoms with E-state index in [9.17, 15) is 18.0 Å². The molecule has 1 atom stereocenters. The fraction of sp³-hybridized carbons (Fsp3) is 0.348. The molecule has 2 aromatic rings. The van der Waals surface area contributed by atoms with Gasteiger partial charge >= 0.3 is 0 Å². The lowest BCUT2D eigenvalue weighted by atomic mass is 10.1. The number of hydrogen-bond acceptors (Lipinski definition) is 7. The quantitative estimate of drug-likeness (QED) is 0.441. The highest BCUT2D eigenvalue weighted by Crippen LogP contribution is 2.33. The van der Waals surface area contributed by atoms with Gasteiger partial charge in [-0.15, -0.1) is 0 Å². The van der Waals surface area contributed by atoms with Crippen molar-refractivity contribution < 1.29 is 22.4 Å². The van der Waals surface area contributed by atoms with Crippen molar-refractivity contribution in [2.45, 2.75) is 32.9 Å². The molecule has 33 heavy (non-hydrogen) atoms. The van der Waals surface area contributed by atoms with Gasteiger partial charge in [0.05, 0.1) is 23.0 Å². The van der Waals surface area contributed by atoms with Crippen molar-refractivity contribution in [3.8, 4) is 0 Å². The van der Waals surface area contributed by atoms with Crippen LogP contribution in [0.5, 0.6) is 0 Å². The topological polar surface area (TPSA) is 87.9 Å². The Morgan fingerprint density at radius 2 is 1.97 bits per heavy atom. The van der Waals surface area contributed by atoms with Crippen molar-refractivity contribution in [2.24, 2.45) is 0 Å². The monoisotopic (exact) mass is 504 g/mol. The molecule has 0 saturated carbocycles. The molecule has 2 aliphatic rings. The zero-order valence-corrected chi connectivity index (χ0v) is 20.8. The highest BCUT2D eigenvalue weighted by atomic mass is 32.2. The number of thioether (sulfide) groups is 1. The second kappa shape index (κ2) is 9.44. The van der Waals surface area contributed by atoms with E-state index in [-0.39, 0.29) is 36.4 Å². The standard InChI is InChI=1S/C23H24N2O5S3/c1-15-3-6-17(7-4-15)11-20-22(27)25(23(31)32-20)13-21(26)24(12-19-8-5-16(2)30-19)18-9-10-33(28,29)14-18/h3-8,11,18H,9-10,12-14H2,1-2H3/b20-11-. The molecule has 0 spiro atoms. The lowest BCUT2D eigenvalue weighted by molar-refractivity contribution is -0.137. The third-order valence-electron chi connectivity index (χ3n) is 5.63. The smallest absolute Gasteiger partial charge is 0.266 e. The zero-order valence-electron chi connectivity index (χ0n) is 18.3. The number of nitrogens with zero attached hydrogens (tertiary/aromatic N) is 2. The molecule has 1 aromatic carbocycles. The highest BCUT2D eigenvalue weighted by Gasteiger charge is 2.38. The number of carbonyl (C=O) groups is 2. The molecule has 2 aliphatic heterocycles. The Morgan fingerprint density at radius 3 is 2.58 bits per heavy atom. The summed E-state index contributed by atoms with van der Waals surface area (Å²) in [5.41, 5.74) is 1.99. The van der Waals surface area contributed by atoms with Crippen LogP contribution in [0, 0.1) is 13.8 Å². The zero-order chi connectivity index (χ0) is 23.8. The third kappa shape index (κ3) is 5.56. The highest BCUT2D eigenvalue weighted by molar-refractivity contribution is 8.26. The van der Waals surface area contributed by atoms with Gasteiger partial charge in [-0.2, -0.15) is 0 Å². The molecule has 2 fully saturated rings. The van der Waals surface area contributed by atoms with Gasteiger partial charge < -0.3 is 9.32 Å². The first-order valence-corrected chi connectivity index (χ1v) is 13.5. The first-order chi connectivity index (χ1) is 15.6. The van der Waals surface area contributed by atoms with Crippen LogP contribution >= 0.6 is 24.0 Å². The van der Waals surface area contributed by atoms with Gasteiger partial charge in [0.15, 0.2) is 9.84 Å². The second-order valence-corrected chi connectivity index (χ2v) is 12.2. The Balaban J connectivity index is 1.52. The van der Waals surface area contributed by atoms with E-state index in [4.69, 9.17) is 16.6 Å². The van der Waals surface area contributed by atoms with Crippen molar-refractivity contribution in [1.82, 2.24) is 9.80 Å². The van der Waals surface area contributed by atoms with E-state index < -0.39 is 15.9 Å². The SMILES string of the molecule is Cc1ccc(/C=C2\SC(=S)N(CC(=O)N(Cc3ccc(C)o3)C3CCS(=O)(=O)C3)C2=O)cc1. The normalized spacial score (nSPS) is 21.2. The predicted octanol–water partition coefficient (Wildman–Crippen LogP) is 3.31. The number of rotatable bonds is 6. The minimum atomic E-state index is -3.20. The fourth-order valence-corrected chi connectivity index (χ4v) is 6.84. The average molecular weight is 505 g/mol. The largest absolute Gasteiger partial charge is 0.464 e. The predicted molar refractivity (Wildman–Crippen MR) is 132 cm³/mol. The van der Waals surface area contributed by atoms with Gasteiger partial charge in [-0.25, -0.2) is 8.42 Å². The summed E-state index contributed by atoms with van der Waals surface area (Å²) < 4.78 is 30.0. The molecule has 0 N–H and O–H groups in total. The van der Waals surface area contributed by atoms with Gasteiger partial charge in [0, 0.05) is 6.04 Å². The molecular weight excluding hydrogens is 480 g/mol. The van der Waals surface area contributed by atoms with Crippen LogP contribution in [0.3, 0.4) is 0 Å². The summed E-state index contributed by atoms with van der Waals surface area (Å²) in [5.74, 6) is 0.526. The lowest BCUT2D eigenvalue weighted by Gasteiger charge is -2.29. The number of benzene rings is 1. The Kier molecular flexibility index (Phi) is 6.78. The first kappa shape index (κ1) is 23.7. The van der Waals surface area contributed by atoms with Crippen LogP contribution in [0.4, 0.5) is 0 Å². The van der Waals surface area contributed by atoms with Crippen LogP contribution in [0.1, 0.15) is 29.1 Å². The van der Waals surface area contributed by atoms with Gasteiger partial charge in [0.2, 0.25) is 5.91 Å². The van der Waals surface area contributed by atoms with Crippen LogP contribution in [0.15, 0.2) is 45.7 Å². The summed E-state index contributed by atoms with van der Waals surface area (Å²) in [6.45, 7) is 3.68. The molecule has 3 heterocycles. The Bertz CT molecular complexity index is 1230. The van der Waals surface area contributed by atoms with Crippen LogP contribution in [-0.4, -0.2) is 58.4 Å². The van der Waals surface area contributed by atoms with Crippen LogP contribution < -0.4 is 0 Å².